The third-order valence-corrected chi connectivity index (χ3v) is 3.04. The average Bonchev–Trinajstić information content (AvgIpc) is 2.43. The van der Waals surface area contributed by atoms with E-state index in [4.69, 9.17) is 9.47 Å². The summed E-state index contributed by atoms with van der Waals surface area (Å²) in [5, 5.41) is 10.1. The maximum atomic E-state index is 5.96. The molecular weight excluding hydrogens is 766 g/mol. The van der Waals surface area contributed by atoms with Gasteiger partial charge < -0.3 is 28.8 Å². The van der Waals surface area contributed by atoms with Gasteiger partial charge in [0.05, 0.1) is 19.3 Å². The second-order valence-electron chi connectivity index (χ2n) is 5.21. The molecule has 0 N–H and O–H groups in total. The van der Waals surface area contributed by atoms with Crippen molar-refractivity contribution in [2.45, 2.75) is 38.9 Å². The Hall–Kier alpha value is -3.07. The molecule has 0 amide bonds. The van der Waals surface area contributed by atoms with Gasteiger partial charge in [-0.3, -0.25) is 0 Å². The Labute approximate surface area is 116 Å². The van der Waals surface area contributed by atoms with E-state index in [0.29, 0.717) is 19.8 Å². The number of rotatable bonds is 2. The third-order valence-electron chi connectivity index (χ3n) is 3.04. The molecule has 0 aliphatic carbocycles. The predicted octanol–water partition coefficient (Wildman–Crippen LogP) is 2.97. The van der Waals surface area contributed by atoms with Crippen molar-refractivity contribution in [3.8, 4) is 0 Å². The van der Waals surface area contributed by atoms with Gasteiger partial charge in [-0.2, -0.15) is 6.08 Å². The first-order chi connectivity index (χ1) is 8.46. The first-order valence-corrected chi connectivity index (χ1v) is 6.28. The van der Waals surface area contributed by atoms with Crippen LogP contribution in [0.25, 0.3) is 0 Å². The number of allylic oxidation sites excluding steroid dienone is 1. The summed E-state index contributed by atoms with van der Waals surface area (Å²) >= 11 is 0. The van der Waals surface area contributed by atoms with Crippen LogP contribution in [0.2, 0.25) is 0 Å². The van der Waals surface area contributed by atoms with E-state index in [1.165, 1.54) is 0 Å². The molecule has 0 aromatic heterocycles. The van der Waals surface area contributed by atoms with Gasteiger partial charge >= 0.3 is 0 Å². The molecule has 2 aliphatic heterocycles. The molecule has 2 rings (SSSR count). The Bertz CT molecular complexity index is 362. The molecule has 0 saturated carbocycles. The van der Waals surface area contributed by atoms with Crippen molar-refractivity contribution in [2.75, 3.05) is 19.8 Å². The number of hydrogen-bond donors (Lipinski definition) is 0. The molecule has 0 aromatic rings. The SMILES string of the molecule is [CH2-]C1(C)CCOC[C@@H](CN2N=NC(C)=C[C-]2C)O1.[CH3-].[Lr].[Lr]. The molecule has 1 unspecified atom stereocenters. The summed E-state index contributed by atoms with van der Waals surface area (Å²) in [6, 6.07) is 1.07. The molecule has 2 aliphatic rings. The topological polar surface area (TPSA) is 46.4 Å². The van der Waals surface area contributed by atoms with Crippen LogP contribution in [0.4, 0.5) is 0 Å². The molecule has 21 heavy (non-hydrogen) atoms. The normalized spacial score (nSPS) is 28.6. The van der Waals surface area contributed by atoms with Gasteiger partial charge in [-0.05, 0) is 6.42 Å². The monoisotopic (exact) mass is 790 g/mol. The standard InChI is InChI=1S/C13H21N3O2.CH3.2Lr/c1-10-7-11(2)16(15-14-10)8-12-9-17-6-5-13(3,4)18-12;;;/h7,12H,3,5-6,8-9H2,1-2,4H3;1H3;;/q-2;-1;;/t12-,13?;;;/m1.../s1. The van der Waals surface area contributed by atoms with Gasteiger partial charge in [-0.1, -0.05) is 32.1 Å². The fraction of sp³-hybridized carbons (Fsp3) is 0.643. The summed E-state index contributed by atoms with van der Waals surface area (Å²) in [6.07, 6.45) is 2.79. The minimum absolute atomic E-state index is 0. The first kappa shape index (κ1) is 20.3. The van der Waals surface area contributed by atoms with Crippen molar-refractivity contribution in [1.82, 2.24) is 5.01 Å². The van der Waals surface area contributed by atoms with Crippen molar-refractivity contribution in [1.29, 1.82) is 0 Å². The zero-order chi connectivity index (χ0) is 13.2. The summed E-state index contributed by atoms with van der Waals surface area (Å²) in [5.74, 6) is 0. The van der Waals surface area contributed by atoms with Crippen LogP contribution in [0.1, 0.15) is 27.2 Å². The molecule has 0 bridgehead atoms. The van der Waals surface area contributed by atoms with E-state index in [2.05, 4.69) is 17.3 Å². The maximum Gasteiger partial charge on any atom is 0.0958 e. The zero-order valence-electron chi connectivity index (χ0n) is 12.9. The quantitative estimate of drug-likeness (QED) is 0.405. The van der Waals surface area contributed by atoms with Gasteiger partial charge in [-0.15, -0.1) is 11.3 Å². The summed E-state index contributed by atoms with van der Waals surface area (Å²) in [6.45, 7) is 11.9. The van der Waals surface area contributed by atoms with Crippen LogP contribution in [0.5, 0.6) is 0 Å². The zero-order valence-corrected chi connectivity index (χ0v) is 17.2. The Balaban J connectivity index is 0. The summed E-state index contributed by atoms with van der Waals surface area (Å²) in [5.41, 5.74) is 0.539. The van der Waals surface area contributed by atoms with E-state index >= 15 is 0 Å². The summed E-state index contributed by atoms with van der Waals surface area (Å²) < 4.78 is 11.5. The second kappa shape index (κ2) is 7.50. The average molecular weight is 790 g/mol. The Morgan fingerprint density at radius 1 is 1.52 bits per heavy atom. The molecule has 5 nitrogen and oxygen atoms in total. The van der Waals surface area contributed by atoms with E-state index < -0.39 is 0 Å². The van der Waals surface area contributed by atoms with Crippen LogP contribution in [0, 0.1) is 20.4 Å². The largest absolute Gasteiger partial charge is 0.400 e. The van der Waals surface area contributed by atoms with E-state index in [0.717, 1.165) is 18.2 Å². The molecule has 0 aromatic carbocycles. The van der Waals surface area contributed by atoms with Crippen LogP contribution < -0.4 is 0 Å². The minimum Gasteiger partial charge on any atom is -0.400 e. The maximum absolute atomic E-state index is 5.96. The van der Waals surface area contributed by atoms with Crippen LogP contribution >= 0.6 is 0 Å². The molecule has 7 heteroatoms. The molecule has 1 saturated heterocycles. The van der Waals surface area contributed by atoms with E-state index in [-0.39, 0.29) is 19.1 Å². The number of hydrogen-bond acceptors (Lipinski definition) is 5. The second-order valence-corrected chi connectivity index (χ2v) is 5.21. The minimum atomic E-state index is -0.381. The van der Waals surface area contributed by atoms with Crippen molar-refractivity contribution in [3.05, 3.63) is 32.2 Å². The first-order valence-electron chi connectivity index (χ1n) is 6.28. The summed E-state index contributed by atoms with van der Waals surface area (Å²) in [4.78, 5) is 0. The molecule has 1 fully saturated rings. The van der Waals surface area contributed by atoms with Crippen molar-refractivity contribution < 1.29 is 9.47 Å². The molecule has 0 spiro atoms. The van der Waals surface area contributed by atoms with E-state index in [1.54, 1.807) is 0 Å². The van der Waals surface area contributed by atoms with Crippen molar-refractivity contribution >= 4 is 0 Å². The van der Waals surface area contributed by atoms with Crippen molar-refractivity contribution in [3.63, 3.8) is 0 Å². The van der Waals surface area contributed by atoms with Crippen molar-refractivity contribution in [2.24, 2.45) is 10.3 Å². The predicted molar refractivity (Wildman–Crippen MR) is 74.7 cm³/mol. The molecule has 2 atom stereocenters. The fourth-order valence-corrected chi connectivity index (χ4v) is 2.06. The Kier molecular flexibility index (Phi) is 7.24. The smallest absolute Gasteiger partial charge is 0.0958 e. The molecule has 2 radical (unpaired) electrons. The Morgan fingerprint density at radius 3 is 2.81 bits per heavy atom. The van der Waals surface area contributed by atoms with Gasteiger partial charge in [0.25, 0.3) is 0 Å². The fourth-order valence-electron chi connectivity index (χ4n) is 2.06. The van der Waals surface area contributed by atoms with E-state index in [9.17, 15) is 0 Å². The van der Waals surface area contributed by atoms with Gasteiger partial charge in [0, 0.05) is 6.61 Å². The van der Waals surface area contributed by atoms with Gasteiger partial charge in [-0.25, -0.2) is 5.11 Å². The third kappa shape index (κ3) is 5.20. The van der Waals surface area contributed by atoms with Crippen LogP contribution in [-0.2, 0) is 9.47 Å². The van der Waals surface area contributed by atoms with Gasteiger partial charge in [0.15, 0.2) is 0 Å². The van der Waals surface area contributed by atoms with Crippen LogP contribution in [-0.4, -0.2) is 36.5 Å². The summed E-state index contributed by atoms with van der Waals surface area (Å²) in [7, 11) is 0. The Morgan fingerprint density at radius 2 is 2.19 bits per heavy atom. The van der Waals surface area contributed by atoms with Crippen LogP contribution in [0.15, 0.2) is 22.1 Å². The number of nitrogens with zero attached hydrogens (tertiary/aromatic N) is 3. The van der Waals surface area contributed by atoms with E-state index in [1.807, 2.05) is 31.9 Å². The molecular formula is C14H24Lr2N3O2-3. The van der Waals surface area contributed by atoms with Gasteiger partial charge in [0.1, 0.15) is 0 Å². The van der Waals surface area contributed by atoms with Crippen LogP contribution in [0.3, 0.4) is 0 Å². The molecule has 140 valence electrons. The number of ether oxygens (including phenoxy) is 2. The van der Waals surface area contributed by atoms with Gasteiger partial charge in [0.2, 0.25) is 0 Å². The molecule has 2 heterocycles.